The van der Waals surface area contributed by atoms with Gasteiger partial charge in [0, 0.05) is 39.3 Å². The van der Waals surface area contributed by atoms with Crippen LogP contribution in [0.3, 0.4) is 0 Å². The van der Waals surface area contributed by atoms with E-state index in [1.54, 1.807) is 0 Å². The van der Waals surface area contributed by atoms with E-state index in [4.69, 9.17) is 9.47 Å². The van der Waals surface area contributed by atoms with Gasteiger partial charge in [0.1, 0.15) is 6.61 Å². The molecule has 1 aromatic carbocycles. The van der Waals surface area contributed by atoms with Crippen LogP contribution in [0.15, 0.2) is 30.3 Å². The van der Waals surface area contributed by atoms with Crippen molar-refractivity contribution in [3.05, 3.63) is 35.9 Å². The molecule has 7 heteroatoms. The number of amides is 2. The van der Waals surface area contributed by atoms with Gasteiger partial charge in [-0.2, -0.15) is 0 Å². The second-order valence-corrected chi connectivity index (χ2v) is 8.82. The Labute approximate surface area is 185 Å². The molecular formula is C24H35N3O4. The Balaban J connectivity index is 1.28. The van der Waals surface area contributed by atoms with Crippen LogP contribution in [0.5, 0.6) is 0 Å². The molecule has 170 valence electrons. The van der Waals surface area contributed by atoms with Gasteiger partial charge in [-0.3, -0.25) is 14.5 Å². The Morgan fingerprint density at radius 1 is 0.935 bits per heavy atom. The Morgan fingerprint density at radius 2 is 1.61 bits per heavy atom. The number of hydrogen-bond acceptors (Lipinski definition) is 5. The van der Waals surface area contributed by atoms with Crippen LogP contribution in [0.1, 0.15) is 31.2 Å². The van der Waals surface area contributed by atoms with Gasteiger partial charge >= 0.3 is 0 Å². The summed E-state index contributed by atoms with van der Waals surface area (Å²) in [6, 6.07) is 9.86. The Bertz CT molecular complexity index is 709. The largest absolute Gasteiger partial charge is 0.378 e. The molecular weight excluding hydrogens is 394 g/mol. The smallest absolute Gasteiger partial charge is 0.248 e. The number of carbonyl (C=O) groups excluding carboxylic acids is 2. The fraction of sp³-hybridized carbons (Fsp3) is 0.667. The second kappa shape index (κ2) is 11.1. The highest BCUT2D eigenvalue weighted by molar-refractivity contribution is 5.82. The van der Waals surface area contributed by atoms with Gasteiger partial charge in [-0.1, -0.05) is 43.2 Å². The first kappa shape index (κ1) is 22.2. The molecule has 31 heavy (non-hydrogen) atoms. The number of morpholine rings is 1. The molecule has 0 unspecified atom stereocenters. The fourth-order valence-electron chi connectivity index (χ4n) is 5.07. The highest BCUT2D eigenvalue weighted by Gasteiger charge is 2.39. The molecule has 2 amide bonds. The van der Waals surface area contributed by atoms with Gasteiger partial charge in [-0.15, -0.1) is 0 Å². The van der Waals surface area contributed by atoms with Gasteiger partial charge in [0.25, 0.3) is 0 Å². The molecule has 2 heterocycles. The van der Waals surface area contributed by atoms with Crippen molar-refractivity contribution in [2.45, 2.75) is 38.3 Å². The number of ether oxygens (including phenoxy) is 2. The molecule has 0 N–H and O–H groups in total. The van der Waals surface area contributed by atoms with Crippen LogP contribution in [0.2, 0.25) is 0 Å². The summed E-state index contributed by atoms with van der Waals surface area (Å²) in [5.41, 5.74) is 1.07. The van der Waals surface area contributed by atoms with Crippen molar-refractivity contribution in [1.29, 1.82) is 0 Å². The molecule has 3 fully saturated rings. The lowest BCUT2D eigenvalue weighted by atomic mass is 9.94. The van der Waals surface area contributed by atoms with Crippen molar-refractivity contribution in [1.82, 2.24) is 14.7 Å². The molecule has 3 aliphatic rings. The van der Waals surface area contributed by atoms with Gasteiger partial charge in [0.2, 0.25) is 11.8 Å². The zero-order valence-corrected chi connectivity index (χ0v) is 18.4. The summed E-state index contributed by atoms with van der Waals surface area (Å²) in [7, 11) is 0. The van der Waals surface area contributed by atoms with E-state index >= 15 is 0 Å². The van der Waals surface area contributed by atoms with Crippen molar-refractivity contribution in [2.75, 3.05) is 59.1 Å². The number of carbonyl (C=O) groups is 2. The number of rotatable bonds is 7. The first-order chi connectivity index (χ1) is 15.2. The predicted octanol–water partition coefficient (Wildman–Crippen LogP) is 1.76. The second-order valence-electron chi connectivity index (χ2n) is 8.82. The van der Waals surface area contributed by atoms with Crippen molar-refractivity contribution in [3.8, 4) is 0 Å². The summed E-state index contributed by atoms with van der Waals surface area (Å²) in [6.45, 7) is 6.03. The van der Waals surface area contributed by atoms with E-state index < -0.39 is 0 Å². The van der Waals surface area contributed by atoms with Crippen LogP contribution in [0, 0.1) is 5.92 Å². The van der Waals surface area contributed by atoms with Crippen LogP contribution in [-0.4, -0.2) is 91.6 Å². The number of piperazine rings is 1. The van der Waals surface area contributed by atoms with Crippen molar-refractivity contribution >= 4 is 11.8 Å². The summed E-state index contributed by atoms with van der Waals surface area (Å²) >= 11 is 0. The van der Waals surface area contributed by atoms with Crippen LogP contribution in [0.25, 0.3) is 0 Å². The summed E-state index contributed by atoms with van der Waals surface area (Å²) in [6.07, 6.45) is 4.70. The first-order valence-electron chi connectivity index (χ1n) is 11.7. The summed E-state index contributed by atoms with van der Waals surface area (Å²) in [5, 5.41) is 0. The standard InChI is InChI=1S/C24H35N3O4/c28-22(19-31-18-20-6-2-1-3-7-20)25-10-12-26(13-11-25)23(21-8-4-5-9-21)24(29)27-14-16-30-17-15-27/h1-3,6-7,21,23H,4-5,8-19H2/t23-/m0/s1. The van der Waals surface area contributed by atoms with Crippen LogP contribution >= 0.6 is 0 Å². The van der Waals surface area contributed by atoms with E-state index in [0.717, 1.165) is 31.5 Å². The summed E-state index contributed by atoms with van der Waals surface area (Å²) in [5.74, 6) is 0.737. The zero-order chi connectivity index (χ0) is 21.5. The zero-order valence-electron chi connectivity index (χ0n) is 18.4. The lowest BCUT2D eigenvalue weighted by molar-refractivity contribution is -0.146. The van der Waals surface area contributed by atoms with Gasteiger partial charge < -0.3 is 19.3 Å². The summed E-state index contributed by atoms with van der Waals surface area (Å²) < 4.78 is 11.1. The molecule has 0 spiro atoms. The van der Waals surface area contributed by atoms with Crippen molar-refractivity contribution in [2.24, 2.45) is 5.92 Å². The van der Waals surface area contributed by atoms with Gasteiger partial charge in [-0.05, 0) is 24.3 Å². The molecule has 2 aliphatic heterocycles. The molecule has 1 atom stereocenters. The molecule has 1 saturated carbocycles. The summed E-state index contributed by atoms with van der Waals surface area (Å²) in [4.78, 5) is 32.2. The van der Waals surface area contributed by atoms with E-state index in [1.165, 1.54) is 12.8 Å². The van der Waals surface area contributed by atoms with Crippen molar-refractivity contribution < 1.29 is 19.1 Å². The molecule has 7 nitrogen and oxygen atoms in total. The van der Waals surface area contributed by atoms with Gasteiger partial charge in [0.05, 0.1) is 25.9 Å². The number of benzene rings is 1. The minimum Gasteiger partial charge on any atom is -0.378 e. The molecule has 1 aliphatic carbocycles. The molecule has 0 aromatic heterocycles. The fourth-order valence-corrected chi connectivity index (χ4v) is 5.07. The highest BCUT2D eigenvalue weighted by atomic mass is 16.5. The third kappa shape index (κ3) is 5.84. The van der Waals surface area contributed by atoms with Crippen LogP contribution in [0.4, 0.5) is 0 Å². The SMILES string of the molecule is O=C(COCc1ccccc1)N1CCN([C@H](C(=O)N2CCOCC2)C2CCCC2)CC1. The maximum atomic E-state index is 13.4. The molecule has 1 aromatic rings. The normalized spacial score (nSPS) is 21.9. The molecule has 0 radical (unpaired) electrons. The van der Waals surface area contributed by atoms with Crippen LogP contribution in [-0.2, 0) is 25.7 Å². The maximum absolute atomic E-state index is 13.4. The van der Waals surface area contributed by atoms with Gasteiger partial charge in [-0.25, -0.2) is 0 Å². The maximum Gasteiger partial charge on any atom is 0.248 e. The minimum atomic E-state index is -0.0489. The highest BCUT2D eigenvalue weighted by Crippen LogP contribution is 2.32. The van der Waals surface area contributed by atoms with E-state index in [1.807, 2.05) is 40.1 Å². The minimum absolute atomic E-state index is 0.0347. The molecule has 4 rings (SSSR count). The van der Waals surface area contributed by atoms with E-state index in [-0.39, 0.29) is 24.5 Å². The lowest BCUT2D eigenvalue weighted by Gasteiger charge is -2.43. The average Bonchev–Trinajstić information content (AvgIpc) is 3.35. The van der Waals surface area contributed by atoms with E-state index in [2.05, 4.69) is 4.90 Å². The Hall–Kier alpha value is -1.96. The number of hydrogen-bond donors (Lipinski definition) is 0. The third-order valence-electron chi connectivity index (χ3n) is 6.82. The lowest BCUT2D eigenvalue weighted by Crippen LogP contribution is -2.59. The Kier molecular flexibility index (Phi) is 7.94. The predicted molar refractivity (Wildman–Crippen MR) is 117 cm³/mol. The van der Waals surface area contributed by atoms with Crippen molar-refractivity contribution in [3.63, 3.8) is 0 Å². The molecule has 0 bridgehead atoms. The Morgan fingerprint density at radius 3 is 2.29 bits per heavy atom. The third-order valence-corrected chi connectivity index (χ3v) is 6.82. The van der Waals surface area contributed by atoms with Gasteiger partial charge in [0.15, 0.2) is 0 Å². The van der Waals surface area contributed by atoms with E-state index in [0.29, 0.717) is 51.9 Å². The first-order valence-corrected chi connectivity index (χ1v) is 11.7. The van der Waals surface area contributed by atoms with Crippen LogP contribution < -0.4 is 0 Å². The monoisotopic (exact) mass is 429 g/mol. The number of nitrogens with zero attached hydrogens (tertiary/aromatic N) is 3. The molecule has 2 saturated heterocycles. The topological polar surface area (TPSA) is 62.3 Å². The average molecular weight is 430 g/mol. The van der Waals surface area contributed by atoms with E-state index in [9.17, 15) is 9.59 Å². The quantitative estimate of drug-likeness (QED) is 0.661.